The number of ether oxygens (including phenoxy) is 1. The monoisotopic (exact) mass is 266 g/mol. The standard InChI is InChI=1S/C10H7BrN2O2/c11-7-3-1-6(2-4-7)9-10(15-9)8(14)5-13-12/h1-5,9-10H/t9-,10+/m0/s1. The third-order valence-corrected chi connectivity index (χ3v) is 2.68. The number of halogens is 1. The van der Waals surface area contributed by atoms with Gasteiger partial charge in [-0.05, 0) is 17.7 Å². The summed E-state index contributed by atoms with van der Waals surface area (Å²) in [5.41, 5.74) is 9.14. The molecule has 0 N–H and O–H groups in total. The van der Waals surface area contributed by atoms with E-state index in [-0.39, 0.29) is 11.9 Å². The van der Waals surface area contributed by atoms with E-state index in [9.17, 15) is 4.79 Å². The fourth-order valence-corrected chi connectivity index (χ4v) is 1.63. The van der Waals surface area contributed by atoms with Crippen LogP contribution in [0.25, 0.3) is 5.53 Å². The molecule has 15 heavy (non-hydrogen) atoms. The molecule has 1 heterocycles. The van der Waals surface area contributed by atoms with Crippen LogP contribution in [0.5, 0.6) is 0 Å². The number of carbonyl (C=O) groups is 1. The maximum Gasteiger partial charge on any atom is 0.326 e. The number of hydrogen-bond donors (Lipinski definition) is 0. The number of ketones is 1. The van der Waals surface area contributed by atoms with Gasteiger partial charge in [-0.25, -0.2) is 0 Å². The second-order valence-electron chi connectivity index (χ2n) is 3.18. The van der Waals surface area contributed by atoms with Gasteiger partial charge in [0.15, 0.2) is 6.10 Å². The molecule has 1 fully saturated rings. The Morgan fingerprint density at radius 1 is 1.47 bits per heavy atom. The molecule has 76 valence electrons. The van der Waals surface area contributed by atoms with Gasteiger partial charge in [0.05, 0.1) is 0 Å². The van der Waals surface area contributed by atoms with E-state index < -0.39 is 6.10 Å². The molecule has 4 nitrogen and oxygen atoms in total. The van der Waals surface area contributed by atoms with Gasteiger partial charge in [0.25, 0.3) is 5.78 Å². The van der Waals surface area contributed by atoms with Crippen molar-refractivity contribution in [3.63, 3.8) is 0 Å². The van der Waals surface area contributed by atoms with E-state index in [2.05, 4.69) is 20.7 Å². The second-order valence-corrected chi connectivity index (χ2v) is 4.09. The quantitative estimate of drug-likeness (QED) is 0.362. The summed E-state index contributed by atoms with van der Waals surface area (Å²) in [5, 5.41) is 0. The van der Waals surface area contributed by atoms with E-state index >= 15 is 0 Å². The lowest BCUT2D eigenvalue weighted by Crippen LogP contribution is -2.09. The number of Topliss-reactive ketones (excluding diaryl/α,β-unsaturated/α-hetero) is 1. The summed E-state index contributed by atoms with van der Waals surface area (Å²) in [6.07, 6.45) is 0.162. The minimum atomic E-state index is -0.498. The van der Waals surface area contributed by atoms with E-state index in [1.54, 1.807) is 0 Å². The van der Waals surface area contributed by atoms with Crippen molar-refractivity contribution in [1.29, 1.82) is 0 Å². The number of nitrogens with zero attached hydrogens (tertiary/aromatic N) is 2. The van der Waals surface area contributed by atoms with E-state index in [0.29, 0.717) is 0 Å². The zero-order valence-electron chi connectivity index (χ0n) is 7.63. The van der Waals surface area contributed by atoms with Crippen LogP contribution in [0.4, 0.5) is 0 Å². The number of rotatable bonds is 3. The van der Waals surface area contributed by atoms with Crippen molar-refractivity contribution < 1.29 is 14.3 Å². The van der Waals surface area contributed by atoms with Crippen molar-refractivity contribution in [3.05, 3.63) is 39.8 Å². The van der Waals surface area contributed by atoms with Crippen molar-refractivity contribution in [1.82, 2.24) is 0 Å². The van der Waals surface area contributed by atoms with Gasteiger partial charge in [-0.1, -0.05) is 28.1 Å². The normalized spacial score (nSPS) is 23.0. The van der Waals surface area contributed by atoms with Crippen molar-refractivity contribution in [2.75, 3.05) is 0 Å². The summed E-state index contributed by atoms with van der Waals surface area (Å²) >= 11 is 3.32. The highest BCUT2D eigenvalue weighted by molar-refractivity contribution is 9.10. The molecule has 0 amide bonds. The van der Waals surface area contributed by atoms with Gasteiger partial charge >= 0.3 is 6.21 Å². The first-order valence-electron chi connectivity index (χ1n) is 4.34. The lowest BCUT2D eigenvalue weighted by molar-refractivity contribution is -0.117. The summed E-state index contributed by atoms with van der Waals surface area (Å²) in [7, 11) is 0. The molecule has 1 saturated heterocycles. The minimum Gasteiger partial charge on any atom is -0.361 e. The first kappa shape index (κ1) is 10.2. The highest BCUT2D eigenvalue weighted by Gasteiger charge is 2.46. The Labute approximate surface area is 94.6 Å². The maximum absolute atomic E-state index is 11.2. The molecule has 1 aliphatic heterocycles. The molecule has 0 bridgehead atoms. The topological polar surface area (TPSA) is 66.0 Å². The predicted molar refractivity (Wildman–Crippen MR) is 56.4 cm³/mol. The molecule has 0 spiro atoms. The Balaban J connectivity index is 2.08. The maximum atomic E-state index is 11.2. The van der Waals surface area contributed by atoms with Crippen molar-refractivity contribution in [3.8, 4) is 0 Å². The number of carbonyl (C=O) groups excluding carboxylic acids is 1. The Hall–Kier alpha value is -1.29. The molecular formula is C10H7BrN2O2. The van der Waals surface area contributed by atoms with Gasteiger partial charge in [-0.15, -0.1) is 0 Å². The van der Waals surface area contributed by atoms with Crippen LogP contribution in [-0.4, -0.2) is 22.9 Å². The molecule has 1 aliphatic rings. The predicted octanol–water partition coefficient (Wildman–Crippen LogP) is 1.76. The zero-order valence-corrected chi connectivity index (χ0v) is 9.22. The molecule has 0 radical (unpaired) electrons. The molecule has 5 heteroatoms. The number of epoxide rings is 1. The van der Waals surface area contributed by atoms with Crippen LogP contribution in [0.15, 0.2) is 28.7 Å². The molecule has 1 aromatic carbocycles. The molecule has 0 aromatic heterocycles. The molecular weight excluding hydrogens is 260 g/mol. The van der Waals surface area contributed by atoms with Gasteiger partial charge in [-0.2, -0.15) is 4.79 Å². The lowest BCUT2D eigenvalue weighted by Gasteiger charge is -1.94. The van der Waals surface area contributed by atoms with Crippen LogP contribution in [0.2, 0.25) is 0 Å². The van der Waals surface area contributed by atoms with Gasteiger partial charge < -0.3 is 10.3 Å². The third-order valence-electron chi connectivity index (χ3n) is 2.16. The largest absolute Gasteiger partial charge is 0.361 e. The average Bonchev–Trinajstić information content (AvgIpc) is 2.99. The number of hydrogen-bond acceptors (Lipinski definition) is 2. The summed E-state index contributed by atoms with van der Waals surface area (Å²) in [6.45, 7) is 0. The molecule has 0 aliphatic carbocycles. The molecule has 0 saturated carbocycles. The van der Waals surface area contributed by atoms with Crippen molar-refractivity contribution in [2.24, 2.45) is 0 Å². The van der Waals surface area contributed by atoms with Gasteiger partial charge in [0.2, 0.25) is 0 Å². The summed E-state index contributed by atoms with van der Waals surface area (Å²) in [4.78, 5) is 13.9. The van der Waals surface area contributed by atoms with Crippen LogP contribution in [0.3, 0.4) is 0 Å². The van der Waals surface area contributed by atoms with E-state index in [1.165, 1.54) is 0 Å². The molecule has 1 aromatic rings. The highest BCUT2D eigenvalue weighted by atomic mass is 79.9. The van der Waals surface area contributed by atoms with Crippen LogP contribution in [-0.2, 0) is 9.53 Å². The van der Waals surface area contributed by atoms with Gasteiger partial charge in [-0.3, -0.25) is 4.79 Å². The summed E-state index contributed by atoms with van der Waals surface area (Å²) < 4.78 is 6.17. The Bertz CT molecular complexity index is 437. The smallest absolute Gasteiger partial charge is 0.326 e. The van der Waals surface area contributed by atoms with E-state index in [0.717, 1.165) is 16.3 Å². The molecule has 0 unspecified atom stereocenters. The SMILES string of the molecule is [N-]=[N+]=CC(=O)[C@H]1O[C@H]1c1ccc(Br)cc1. The zero-order chi connectivity index (χ0) is 10.8. The van der Waals surface area contributed by atoms with Crippen molar-refractivity contribution in [2.45, 2.75) is 12.2 Å². The van der Waals surface area contributed by atoms with Crippen LogP contribution < -0.4 is 0 Å². The Morgan fingerprint density at radius 3 is 2.73 bits per heavy atom. The summed E-state index contributed by atoms with van der Waals surface area (Å²) in [5.74, 6) is -0.314. The fraction of sp³-hybridized carbons (Fsp3) is 0.200. The highest BCUT2D eigenvalue weighted by Crippen LogP contribution is 2.39. The Morgan fingerprint density at radius 2 is 2.13 bits per heavy atom. The fourth-order valence-electron chi connectivity index (χ4n) is 1.37. The van der Waals surface area contributed by atoms with Crippen LogP contribution in [0, 0.1) is 0 Å². The molecule has 2 rings (SSSR count). The first-order valence-corrected chi connectivity index (χ1v) is 5.14. The van der Waals surface area contributed by atoms with E-state index in [1.807, 2.05) is 24.3 Å². The minimum absolute atomic E-state index is 0.205. The first-order chi connectivity index (χ1) is 7.22. The lowest BCUT2D eigenvalue weighted by atomic mass is 10.1. The summed E-state index contributed by atoms with van der Waals surface area (Å²) in [6, 6.07) is 7.55. The van der Waals surface area contributed by atoms with Gasteiger partial charge in [0.1, 0.15) is 6.10 Å². The second kappa shape index (κ2) is 4.06. The molecule has 2 atom stereocenters. The average molecular weight is 267 g/mol. The van der Waals surface area contributed by atoms with Crippen LogP contribution >= 0.6 is 15.9 Å². The van der Waals surface area contributed by atoms with Gasteiger partial charge in [0, 0.05) is 4.47 Å². The number of benzene rings is 1. The van der Waals surface area contributed by atoms with E-state index in [4.69, 9.17) is 10.3 Å². The van der Waals surface area contributed by atoms with Crippen molar-refractivity contribution >= 4 is 27.9 Å². The third kappa shape index (κ3) is 2.21. The van der Waals surface area contributed by atoms with Crippen LogP contribution in [0.1, 0.15) is 11.7 Å². The Kier molecular flexibility index (Phi) is 2.77.